The zero-order valence-electron chi connectivity index (χ0n) is 13.3. The number of halogens is 3. The van der Waals surface area contributed by atoms with E-state index in [1.807, 2.05) is 0 Å². The zero-order valence-corrected chi connectivity index (χ0v) is 16.3. The third kappa shape index (κ3) is 3.40. The van der Waals surface area contributed by atoms with Crippen LogP contribution in [0.3, 0.4) is 0 Å². The minimum atomic E-state index is -4.01. The van der Waals surface area contributed by atoms with Gasteiger partial charge in [0.1, 0.15) is 10.3 Å². The largest absolute Gasteiger partial charge is 0.291 e. The molecule has 0 bridgehead atoms. The second-order valence-corrected chi connectivity index (χ2v) is 9.12. The lowest BCUT2D eigenvalue weighted by atomic mass is 9.82. The number of sulfonamides is 1. The standard InChI is InChI=1S/C16H16Cl3NO3S/c1-9(2)11-12(17)15(21)16(3,19)14(18)13(11)20-24(22,23)10-7-5-4-6-8-10/h4-9,14H,1-3H3. The Bertz CT molecular complexity index is 827. The average molecular weight is 409 g/mol. The number of hydrogen-bond acceptors (Lipinski definition) is 3. The highest BCUT2D eigenvalue weighted by atomic mass is 35.5. The summed E-state index contributed by atoms with van der Waals surface area (Å²) in [6.07, 6.45) is 0. The van der Waals surface area contributed by atoms with E-state index in [1.165, 1.54) is 19.1 Å². The van der Waals surface area contributed by atoms with Crippen LogP contribution in [0.15, 0.2) is 50.2 Å². The summed E-state index contributed by atoms with van der Waals surface area (Å²) in [6, 6.07) is 7.73. The summed E-state index contributed by atoms with van der Waals surface area (Å²) in [5.74, 6) is -0.786. The fraction of sp³-hybridized carbons (Fsp3) is 0.375. The fourth-order valence-corrected chi connectivity index (χ4v) is 4.53. The monoisotopic (exact) mass is 407 g/mol. The van der Waals surface area contributed by atoms with Crippen LogP contribution in [-0.4, -0.2) is 30.2 Å². The highest BCUT2D eigenvalue weighted by molar-refractivity contribution is 7.90. The van der Waals surface area contributed by atoms with Crippen molar-refractivity contribution in [3.63, 3.8) is 0 Å². The Morgan fingerprint density at radius 3 is 2.25 bits per heavy atom. The molecule has 0 aromatic heterocycles. The quantitative estimate of drug-likeness (QED) is 0.706. The first-order valence-electron chi connectivity index (χ1n) is 7.18. The first kappa shape index (κ1) is 19.4. The van der Waals surface area contributed by atoms with Crippen molar-refractivity contribution in [1.82, 2.24) is 0 Å². The van der Waals surface area contributed by atoms with E-state index in [2.05, 4.69) is 4.40 Å². The molecule has 0 saturated heterocycles. The number of ketones is 1. The highest BCUT2D eigenvalue weighted by Gasteiger charge is 2.49. The molecule has 0 spiro atoms. The molecule has 0 fully saturated rings. The molecule has 0 heterocycles. The molecule has 4 nitrogen and oxygen atoms in total. The van der Waals surface area contributed by atoms with Crippen LogP contribution in [0.4, 0.5) is 0 Å². The van der Waals surface area contributed by atoms with Gasteiger partial charge in [0.15, 0.2) is 5.78 Å². The molecular weight excluding hydrogens is 393 g/mol. The number of hydrogen-bond donors (Lipinski definition) is 0. The van der Waals surface area contributed by atoms with Gasteiger partial charge < -0.3 is 0 Å². The highest BCUT2D eigenvalue weighted by Crippen LogP contribution is 2.40. The van der Waals surface area contributed by atoms with Crippen molar-refractivity contribution in [3.05, 3.63) is 40.9 Å². The number of carbonyl (C=O) groups is 1. The van der Waals surface area contributed by atoms with E-state index in [-0.39, 0.29) is 21.6 Å². The molecule has 0 N–H and O–H groups in total. The molecule has 8 heteroatoms. The Hall–Kier alpha value is -0.880. The number of rotatable bonds is 3. The SMILES string of the molecule is CC(C)C1=C(Cl)C(=O)C(C)(Cl)C(Cl)C1=NS(=O)(=O)c1ccccc1. The molecule has 0 radical (unpaired) electrons. The van der Waals surface area contributed by atoms with Gasteiger partial charge in [-0.15, -0.1) is 23.2 Å². The van der Waals surface area contributed by atoms with Gasteiger partial charge in [-0.1, -0.05) is 43.6 Å². The van der Waals surface area contributed by atoms with E-state index < -0.39 is 26.1 Å². The zero-order chi connectivity index (χ0) is 18.3. The second-order valence-electron chi connectivity index (χ2n) is 5.91. The van der Waals surface area contributed by atoms with Gasteiger partial charge in [-0.05, 0) is 25.0 Å². The Balaban J connectivity index is 2.72. The van der Waals surface area contributed by atoms with Crippen molar-refractivity contribution in [2.45, 2.75) is 35.9 Å². The van der Waals surface area contributed by atoms with Crippen molar-refractivity contribution in [3.8, 4) is 0 Å². The average Bonchev–Trinajstić information content (AvgIpc) is 2.51. The molecule has 2 rings (SSSR count). The molecule has 24 heavy (non-hydrogen) atoms. The molecular formula is C16H16Cl3NO3S. The Labute approximate surface area is 156 Å². The molecule has 0 amide bonds. The van der Waals surface area contributed by atoms with Gasteiger partial charge in [0.05, 0.1) is 15.6 Å². The lowest BCUT2D eigenvalue weighted by Crippen LogP contribution is -2.49. The topological polar surface area (TPSA) is 63.6 Å². The smallest absolute Gasteiger partial charge is 0.282 e. The maximum Gasteiger partial charge on any atom is 0.282 e. The van der Waals surface area contributed by atoms with E-state index in [0.717, 1.165) is 0 Å². The summed E-state index contributed by atoms with van der Waals surface area (Å²) in [6.45, 7) is 4.95. The van der Waals surface area contributed by atoms with E-state index in [9.17, 15) is 13.2 Å². The molecule has 1 aromatic rings. The molecule has 2 atom stereocenters. The molecule has 130 valence electrons. The summed E-state index contributed by atoms with van der Waals surface area (Å²) >= 11 is 18.7. The predicted molar refractivity (Wildman–Crippen MR) is 97.7 cm³/mol. The van der Waals surface area contributed by atoms with Crippen LogP contribution in [0.1, 0.15) is 20.8 Å². The van der Waals surface area contributed by atoms with Crippen LogP contribution in [0.5, 0.6) is 0 Å². The van der Waals surface area contributed by atoms with Crippen molar-refractivity contribution in [2.75, 3.05) is 0 Å². The van der Waals surface area contributed by atoms with Crippen LogP contribution >= 0.6 is 34.8 Å². The van der Waals surface area contributed by atoms with E-state index in [4.69, 9.17) is 34.8 Å². The van der Waals surface area contributed by atoms with Gasteiger partial charge in [0.25, 0.3) is 10.0 Å². The van der Waals surface area contributed by atoms with Crippen molar-refractivity contribution >= 4 is 56.3 Å². The molecule has 1 aliphatic carbocycles. The molecule has 1 aliphatic rings. The Kier molecular flexibility index (Phi) is 5.50. The van der Waals surface area contributed by atoms with Crippen molar-refractivity contribution < 1.29 is 13.2 Å². The minimum absolute atomic E-state index is 0.0117. The normalized spacial score (nSPS) is 27.2. The van der Waals surface area contributed by atoms with Gasteiger partial charge in [0.2, 0.25) is 0 Å². The summed E-state index contributed by atoms with van der Waals surface area (Å²) in [7, 11) is -4.01. The lowest BCUT2D eigenvalue weighted by Gasteiger charge is -2.34. The number of alkyl halides is 2. The first-order chi connectivity index (χ1) is 11.0. The van der Waals surface area contributed by atoms with Gasteiger partial charge in [-0.2, -0.15) is 12.8 Å². The molecule has 1 aromatic carbocycles. The van der Waals surface area contributed by atoms with Crippen LogP contribution in [0.25, 0.3) is 0 Å². The summed E-state index contributed by atoms with van der Waals surface area (Å²) < 4.78 is 29.0. The number of nitrogens with zero attached hydrogens (tertiary/aromatic N) is 1. The van der Waals surface area contributed by atoms with Crippen LogP contribution in [-0.2, 0) is 14.8 Å². The Morgan fingerprint density at radius 2 is 1.75 bits per heavy atom. The predicted octanol–water partition coefficient (Wildman–Crippen LogP) is 4.15. The molecule has 0 saturated carbocycles. The third-order valence-corrected chi connectivity index (χ3v) is 6.53. The maximum atomic E-state index is 12.6. The molecule has 2 unspecified atom stereocenters. The van der Waals surface area contributed by atoms with E-state index in [0.29, 0.717) is 5.57 Å². The lowest BCUT2D eigenvalue weighted by molar-refractivity contribution is -0.117. The van der Waals surface area contributed by atoms with Crippen LogP contribution in [0, 0.1) is 5.92 Å². The minimum Gasteiger partial charge on any atom is -0.291 e. The third-order valence-electron chi connectivity index (χ3n) is 3.71. The summed E-state index contributed by atoms with van der Waals surface area (Å²) in [5, 5.41) is -1.24. The van der Waals surface area contributed by atoms with Gasteiger partial charge >= 0.3 is 0 Å². The van der Waals surface area contributed by atoms with Gasteiger partial charge in [-0.3, -0.25) is 4.79 Å². The maximum absolute atomic E-state index is 12.6. The van der Waals surface area contributed by atoms with Crippen LogP contribution < -0.4 is 0 Å². The van der Waals surface area contributed by atoms with Crippen molar-refractivity contribution in [2.24, 2.45) is 10.3 Å². The van der Waals surface area contributed by atoms with Crippen molar-refractivity contribution in [1.29, 1.82) is 0 Å². The number of Topliss-reactive ketones (excluding diaryl/α,β-unsaturated/α-hetero) is 1. The second kappa shape index (κ2) is 6.79. The first-order valence-corrected chi connectivity index (χ1v) is 9.81. The van der Waals surface area contributed by atoms with E-state index in [1.54, 1.807) is 32.0 Å². The number of carbonyl (C=O) groups excluding carboxylic acids is 1. The van der Waals surface area contributed by atoms with Gasteiger partial charge in [-0.25, -0.2) is 0 Å². The Morgan fingerprint density at radius 1 is 1.21 bits per heavy atom. The number of allylic oxidation sites excluding steroid dienone is 2. The number of benzene rings is 1. The van der Waals surface area contributed by atoms with E-state index >= 15 is 0 Å². The fourth-order valence-electron chi connectivity index (χ4n) is 2.38. The summed E-state index contributed by atoms with van der Waals surface area (Å²) in [4.78, 5) is 10.8. The van der Waals surface area contributed by atoms with Crippen LogP contribution in [0.2, 0.25) is 0 Å². The molecule has 0 aliphatic heterocycles. The van der Waals surface area contributed by atoms with Gasteiger partial charge in [0, 0.05) is 5.57 Å². The summed E-state index contributed by atoms with van der Waals surface area (Å²) in [5.41, 5.74) is 0.317.